The second kappa shape index (κ2) is 9.70. The maximum atomic E-state index is 12.8. The molecule has 3 N–H and O–H groups in total. The van der Waals surface area contributed by atoms with E-state index in [0.717, 1.165) is 4.47 Å². The van der Waals surface area contributed by atoms with Gasteiger partial charge in [0.15, 0.2) is 5.16 Å². The average Bonchev–Trinajstić information content (AvgIpc) is 2.58. The van der Waals surface area contributed by atoms with Gasteiger partial charge in [-0.05, 0) is 24.6 Å². The van der Waals surface area contributed by atoms with Crippen LogP contribution in [0.4, 0.5) is 4.79 Å². The second-order valence-corrected chi connectivity index (χ2v) is 7.35. The zero-order valence-electron chi connectivity index (χ0n) is 14.2. The Balaban J connectivity index is 2.16. The lowest BCUT2D eigenvalue weighted by Gasteiger charge is -2.13. The molecule has 0 unspecified atom stereocenters. The van der Waals surface area contributed by atoms with Crippen LogP contribution < -0.4 is 16.6 Å². The molecule has 140 valence electrons. The molecule has 0 fully saturated rings. The van der Waals surface area contributed by atoms with Crippen LogP contribution in [0, 0.1) is 0 Å². The molecule has 3 amide bonds. The molecule has 0 atom stereocenters. The molecule has 0 saturated carbocycles. The van der Waals surface area contributed by atoms with Crippen LogP contribution >= 0.6 is 27.7 Å². The van der Waals surface area contributed by atoms with Gasteiger partial charge >= 0.3 is 6.03 Å². The number of methoxy groups -OCH3 is 1. The molecular weight excluding hydrogens is 424 g/mol. The number of urea groups is 1. The van der Waals surface area contributed by atoms with E-state index in [4.69, 9.17) is 10.5 Å². The van der Waals surface area contributed by atoms with Crippen molar-refractivity contribution in [2.45, 2.75) is 24.5 Å². The first kappa shape index (κ1) is 20.4. The Kier molecular flexibility index (Phi) is 7.61. The third-order valence-corrected chi connectivity index (χ3v) is 5.00. The number of aromatic nitrogens is 2. The Morgan fingerprint density at radius 3 is 2.88 bits per heavy atom. The number of benzene rings is 1. The van der Waals surface area contributed by atoms with E-state index in [2.05, 4.69) is 20.9 Å². The fourth-order valence-electron chi connectivity index (χ4n) is 2.26. The van der Waals surface area contributed by atoms with Gasteiger partial charge in [-0.2, -0.15) is 0 Å². The van der Waals surface area contributed by atoms with Crippen LogP contribution in [0.1, 0.15) is 12.8 Å². The number of primary amides is 1. The molecule has 0 bridgehead atoms. The van der Waals surface area contributed by atoms with Crippen molar-refractivity contribution >= 4 is 50.5 Å². The molecule has 0 radical (unpaired) electrons. The Morgan fingerprint density at radius 1 is 1.42 bits per heavy atom. The summed E-state index contributed by atoms with van der Waals surface area (Å²) in [5.41, 5.74) is 5.37. The fraction of sp³-hybridized carbons (Fsp3) is 0.375. The van der Waals surface area contributed by atoms with Crippen LogP contribution in [0.15, 0.2) is 32.6 Å². The highest BCUT2D eigenvalue weighted by Crippen LogP contribution is 2.21. The molecule has 2 rings (SSSR count). The number of thioether (sulfide) groups is 1. The number of nitrogens with zero attached hydrogens (tertiary/aromatic N) is 2. The first-order chi connectivity index (χ1) is 12.4. The molecule has 0 saturated heterocycles. The molecule has 0 aliphatic heterocycles. The molecule has 0 aliphatic rings. The van der Waals surface area contributed by atoms with E-state index >= 15 is 0 Å². The van der Waals surface area contributed by atoms with E-state index in [1.165, 1.54) is 11.8 Å². The third kappa shape index (κ3) is 5.55. The minimum absolute atomic E-state index is 0.137. The Morgan fingerprint density at radius 2 is 2.19 bits per heavy atom. The van der Waals surface area contributed by atoms with Crippen molar-refractivity contribution in [2.24, 2.45) is 5.73 Å². The number of halogens is 1. The zero-order valence-corrected chi connectivity index (χ0v) is 16.6. The third-order valence-electron chi connectivity index (χ3n) is 3.44. The number of nitrogens with one attached hydrogen (secondary N) is 1. The van der Waals surface area contributed by atoms with Crippen molar-refractivity contribution < 1.29 is 14.3 Å². The van der Waals surface area contributed by atoms with Gasteiger partial charge in [0.2, 0.25) is 5.91 Å². The minimum Gasteiger partial charge on any atom is -0.383 e. The van der Waals surface area contributed by atoms with Crippen LogP contribution in [0.3, 0.4) is 0 Å². The summed E-state index contributed by atoms with van der Waals surface area (Å²) in [4.78, 5) is 39.4. The maximum Gasteiger partial charge on any atom is 0.318 e. The van der Waals surface area contributed by atoms with Crippen LogP contribution in [-0.4, -0.2) is 41.0 Å². The van der Waals surface area contributed by atoms with E-state index in [1.807, 2.05) is 11.4 Å². The molecule has 1 heterocycles. The summed E-state index contributed by atoms with van der Waals surface area (Å²) < 4.78 is 7.47. The summed E-state index contributed by atoms with van der Waals surface area (Å²) in [6.45, 7) is 0.769. The van der Waals surface area contributed by atoms with Gasteiger partial charge in [0.05, 0.1) is 24.1 Å². The number of amides is 3. The molecule has 1 aromatic carbocycles. The van der Waals surface area contributed by atoms with Crippen LogP contribution in [0.25, 0.3) is 10.9 Å². The Labute approximate surface area is 162 Å². The monoisotopic (exact) mass is 442 g/mol. The maximum absolute atomic E-state index is 12.8. The number of rotatable bonds is 8. The van der Waals surface area contributed by atoms with Gasteiger partial charge in [0.25, 0.3) is 5.56 Å². The number of nitrogens with two attached hydrogens (primary N) is 1. The molecular formula is C16H19BrN4O4S. The number of carbonyl (C=O) groups excluding carboxylic acids is 2. The van der Waals surface area contributed by atoms with Gasteiger partial charge < -0.3 is 10.5 Å². The quantitative estimate of drug-likeness (QED) is 0.366. The van der Waals surface area contributed by atoms with Gasteiger partial charge in [-0.1, -0.05) is 27.7 Å². The molecule has 0 aliphatic carbocycles. The molecule has 1 aromatic heterocycles. The van der Waals surface area contributed by atoms with Crippen molar-refractivity contribution in [1.82, 2.24) is 14.9 Å². The SMILES string of the molecule is COCCn1c(SCCCC(=O)NC(N)=O)nc2ccc(Br)cc2c1=O. The van der Waals surface area contributed by atoms with E-state index in [-0.39, 0.29) is 12.0 Å². The Bertz CT molecular complexity index is 871. The van der Waals surface area contributed by atoms with Crippen molar-refractivity contribution in [3.05, 3.63) is 33.0 Å². The van der Waals surface area contributed by atoms with Crippen molar-refractivity contribution in [3.8, 4) is 0 Å². The topological polar surface area (TPSA) is 116 Å². The molecule has 10 heteroatoms. The number of hydrogen-bond acceptors (Lipinski definition) is 6. The number of ether oxygens (including phenoxy) is 1. The first-order valence-electron chi connectivity index (χ1n) is 7.83. The lowest BCUT2D eigenvalue weighted by Crippen LogP contribution is -2.34. The average molecular weight is 443 g/mol. The fourth-order valence-corrected chi connectivity index (χ4v) is 3.58. The highest BCUT2D eigenvalue weighted by atomic mass is 79.9. The van der Waals surface area contributed by atoms with Crippen molar-refractivity contribution in [2.75, 3.05) is 19.5 Å². The van der Waals surface area contributed by atoms with Gasteiger partial charge in [-0.3, -0.25) is 19.5 Å². The van der Waals surface area contributed by atoms with Gasteiger partial charge in [-0.25, -0.2) is 9.78 Å². The summed E-state index contributed by atoms with van der Waals surface area (Å²) >= 11 is 4.75. The van der Waals surface area contributed by atoms with Crippen LogP contribution in [0.5, 0.6) is 0 Å². The first-order valence-corrected chi connectivity index (χ1v) is 9.61. The van der Waals surface area contributed by atoms with Crippen LogP contribution in [0.2, 0.25) is 0 Å². The van der Waals surface area contributed by atoms with Gasteiger partial charge in [-0.15, -0.1) is 0 Å². The normalized spacial score (nSPS) is 10.8. The standard InChI is InChI=1S/C16H19BrN4O4S/c1-25-7-6-21-14(23)11-9-10(17)4-5-12(11)19-16(21)26-8-2-3-13(22)20-15(18)24/h4-5,9H,2-3,6-8H2,1H3,(H3,18,20,22,24). The van der Waals surface area contributed by atoms with E-state index in [0.29, 0.717) is 41.4 Å². The molecule has 0 spiro atoms. The highest BCUT2D eigenvalue weighted by Gasteiger charge is 2.12. The predicted molar refractivity (Wildman–Crippen MR) is 103 cm³/mol. The summed E-state index contributed by atoms with van der Waals surface area (Å²) in [5.74, 6) is 0.138. The summed E-state index contributed by atoms with van der Waals surface area (Å²) in [5, 5.41) is 3.11. The number of fused-ring (bicyclic) bond motifs is 1. The molecule has 26 heavy (non-hydrogen) atoms. The smallest absolute Gasteiger partial charge is 0.318 e. The van der Waals surface area contributed by atoms with E-state index < -0.39 is 11.9 Å². The zero-order chi connectivity index (χ0) is 19.1. The van der Waals surface area contributed by atoms with E-state index in [9.17, 15) is 14.4 Å². The van der Waals surface area contributed by atoms with Crippen molar-refractivity contribution in [1.29, 1.82) is 0 Å². The number of hydrogen-bond donors (Lipinski definition) is 2. The summed E-state index contributed by atoms with van der Waals surface area (Å²) in [7, 11) is 1.57. The largest absolute Gasteiger partial charge is 0.383 e. The lowest BCUT2D eigenvalue weighted by atomic mass is 10.2. The van der Waals surface area contributed by atoms with Gasteiger partial charge in [0.1, 0.15) is 0 Å². The summed E-state index contributed by atoms with van der Waals surface area (Å²) in [6, 6.07) is 4.50. The molecule has 2 aromatic rings. The van der Waals surface area contributed by atoms with Gasteiger partial charge in [0, 0.05) is 23.8 Å². The highest BCUT2D eigenvalue weighted by molar-refractivity contribution is 9.10. The number of imide groups is 1. The van der Waals surface area contributed by atoms with Crippen LogP contribution in [-0.2, 0) is 16.1 Å². The second-order valence-electron chi connectivity index (χ2n) is 5.37. The Hall–Kier alpha value is -1.91. The van der Waals surface area contributed by atoms with Crippen molar-refractivity contribution in [3.63, 3.8) is 0 Å². The molecule has 8 nitrogen and oxygen atoms in total. The van der Waals surface area contributed by atoms with E-state index in [1.54, 1.807) is 23.8 Å². The summed E-state index contributed by atoms with van der Waals surface area (Å²) in [6.07, 6.45) is 0.682. The lowest BCUT2D eigenvalue weighted by molar-refractivity contribution is -0.119. The predicted octanol–water partition coefficient (Wildman–Crippen LogP) is 1.87. The number of carbonyl (C=O) groups is 2. The minimum atomic E-state index is -0.863.